The molecule has 0 N–H and O–H groups in total. The van der Waals surface area contributed by atoms with E-state index in [1.165, 1.54) is 29.2 Å². The molecule has 7 nitrogen and oxygen atoms in total. The van der Waals surface area contributed by atoms with E-state index in [1.54, 1.807) is 19.3 Å². The van der Waals surface area contributed by atoms with E-state index in [0.717, 1.165) is 16.2 Å². The van der Waals surface area contributed by atoms with Crippen molar-refractivity contribution in [2.24, 2.45) is 0 Å². The number of anilines is 2. The van der Waals surface area contributed by atoms with Gasteiger partial charge in [0.2, 0.25) is 0 Å². The van der Waals surface area contributed by atoms with Crippen LogP contribution >= 0.6 is 11.8 Å². The van der Waals surface area contributed by atoms with E-state index in [1.807, 2.05) is 6.07 Å². The van der Waals surface area contributed by atoms with E-state index < -0.39 is 23.5 Å². The van der Waals surface area contributed by atoms with Gasteiger partial charge in [0.1, 0.15) is 6.04 Å². The third kappa shape index (κ3) is 4.68. The van der Waals surface area contributed by atoms with Gasteiger partial charge in [-0.2, -0.15) is 13.2 Å². The zero-order valence-electron chi connectivity index (χ0n) is 17.2. The summed E-state index contributed by atoms with van der Waals surface area (Å²) < 4.78 is 43.1. The predicted octanol–water partition coefficient (Wildman–Crippen LogP) is 3.89. The van der Waals surface area contributed by atoms with Gasteiger partial charge in [-0.05, 0) is 54.6 Å². The highest BCUT2D eigenvalue weighted by molar-refractivity contribution is 8.00. The van der Waals surface area contributed by atoms with Crippen molar-refractivity contribution in [3.63, 3.8) is 0 Å². The Morgan fingerprint density at radius 1 is 1.12 bits per heavy atom. The Labute approximate surface area is 187 Å². The summed E-state index contributed by atoms with van der Waals surface area (Å²) in [6.45, 7) is 4.46. The molecule has 3 heterocycles. The van der Waals surface area contributed by atoms with Crippen molar-refractivity contribution in [1.82, 2.24) is 9.88 Å². The number of rotatable bonds is 5. The molecular weight excluding hydrogens is 445 g/mol. The molecule has 0 radical (unpaired) electrons. The molecule has 11 heteroatoms. The van der Waals surface area contributed by atoms with Crippen LogP contribution in [0.1, 0.15) is 12.5 Å². The number of imide groups is 1. The number of ether oxygens (including phenoxy) is 1. The maximum Gasteiger partial charge on any atom is 0.446 e. The van der Waals surface area contributed by atoms with Crippen LogP contribution in [0.25, 0.3) is 0 Å². The average molecular weight is 466 g/mol. The van der Waals surface area contributed by atoms with Gasteiger partial charge in [0.25, 0.3) is 5.91 Å². The molecule has 3 amide bonds. The first-order valence-corrected chi connectivity index (χ1v) is 10.8. The largest absolute Gasteiger partial charge is 0.446 e. The van der Waals surface area contributed by atoms with Crippen molar-refractivity contribution in [1.29, 1.82) is 0 Å². The second-order valence-electron chi connectivity index (χ2n) is 7.41. The van der Waals surface area contributed by atoms with Gasteiger partial charge in [0, 0.05) is 24.2 Å². The Hall–Kier alpha value is -2.79. The number of carbonyl (C=O) groups excluding carboxylic acids is 2. The number of urea groups is 1. The number of carbonyl (C=O) groups is 2. The highest BCUT2D eigenvalue weighted by atomic mass is 32.2. The fourth-order valence-electron chi connectivity index (χ4n) is 3.77. The third-order valence-electron chi connectivity index (χ3n) is 5.39. The molecular formula is C21H21F3N4O3S. The molecule has 2 aromatic rings. The number of aromatic nitrogens is 1. The van der Waals surface area contributed by atoms with Gasteiger partial charge in [0.05, 0.1) is 37.3 Å². The van der Waals surface area contributed by atoms with Crippen molar-refractivity contribution < 1.29 is 27.5 Å². The van der Waals surface area contributed by atoms with Crippen molar-refractivity contribution in [3.8, 4) is 0 Å². The summed E-state index contributed by atoms with van der Waals surface area (Å²) in [5.41, 5.74) is -2.43. The van der Waals surface area contributed by atoms with Gasteiger partial charge >= 0.3 is 11.5 Å². The number of hydrogen-bond acceptors (Lipinski definition) is 6. The number of benzene rings is 1. The van der Waals surface area contributed by atoms with Crippen molar-refractivity contribution in [2.45, 2.75) is 29.9 Å². The zero-order valence-corrected chi connectivity index (χ0v) is 18.0. The van der Waals surface area contributed by atoms with Crippen LogP contribution in [0.4, 0.5) is 29.3 Å². The summed E-state index contributed by atoms with van der Waals surface area (Å²) >= 11 is -0.247. The van der Waals surface area contributed by atoms with Crippen LogP contribution in [0.5, 0.6) is 0 Å². The topological polar surface area (TPSA) is 66.0 Å². The Balaban J connectivity index is 1.54. The standard InChI is InChI=1S/C21H21F3N4O3S/c1-14-19(29)28(16-2-4-17(5-3-16)32-21(22,23)24)20(30)27(14)13-15-6-7-25-12-18(15)26-8-10-31-11-9-26/h2-7,12,14H,8-11,13H2,1H3. The second-order valence-corrected chi connectivity index (χ2v) is 8.54. The summed E-state index contributed by atoms with van der Waals surface area (Å²) in [5, 5.41) is 0. The fraction of sp³-hybridized carbons (Fsp3) is 0.381. The molecule has 0 aliphatic carbocycles. The summed E-state index contributed by atoms with van der Waals surface area (Å²) in [6.07, 6.45) is 3.38. The lowest BCUT2D eigenvalue weighted by atomic mass is 10.1. The van der Waals surface area contributed by atoms with E-state index in [4.69, 9.17) is 4.74 Å². The quantitative estimate of drug-likeness (QED) is 0.492. The van der Waals surface area contributed by atoms with Crippen LogP contribution in [0, 0.1) is 0 Å². The number of hydrogen-bond donors (Lipinski definition) is 0. The maximum atomic E-state index is 13.1. The van der Waals surface area contributed by atoms with Crippen LogP contribution in [0.3, 0.4) is 0 Å². The number of amides is 3. The number of morpholine rings is 1. The molecule has 170 valence electrons. The lowest BCUT2D eigenvalue weighted by Crippen LogP contribution is -2.38. The van der Waals surface area contributed by atoms with Crippen LogP contribution in [-0.2, 0) is 16.1 Å². The predicted molar refractivity (Wildman–Crippen MR) is 114 cm³/mol. The van der Waals surface area contributed by atoms with Crippen LogP contribution in [-0.4, -0.2) is 59.7 Å². The normalized spacial score (nSPS) is 19.8. The lowest BCUT2D eigenvalue weighted by molar-refractivity contribution is -0.119. The first kappa shape index (κ1) is 22.4. The highest BCUT2D eigenvalue weighted by Crippen LogP contribution is 2.38. The molecule has 0 spiro atoms. The molecule has 2 saturated heterocycles. The van der Waals surface area contributed by atoms with Gasteiger partial charge < -0.3 is 14.5 Å². The Morgan fingerprint density at radius 3 is 2.47 bits per heavy atom. The van der Waals surface area contributed by atoms with Gasteiger partial charge in [-0.3, -0.25) is 9.78 Å². The number of thioether (sulfide) groups is 1. The van der Waals surface area contributed by atoms with E-state index in [-0.39, 0.29) is 28.9 Å². The molecule has 1 aromatic heterocycles. The molecule has 1 unspecified atom stereocenters. The number of halogens is 3. The molecule has 32 heavy (non-hydrogen) atoms. The molecule has 1 atom stereocenters. The Bertz CT molecular complexity index is 997. The van der Waals surface area contributed by atoms with E-state index in [9.17, 15) is 22.8 Å². The first-order valence-electron chi connectivity index (χ1n) is 10.0. The summed E-state index contributed by atoms with van der Waals surface area (Å²) in [6, 6.07) is 5.81. The van der Waals surface area contributed by atoms with Gasteiger partial charge in [-0.15, -0.1) is 0 Å². The number of pyridine rings is 1. The maximum absolute atomic E-state index is 13.1. The smallest absolute Gasteiger partial charge is 0.378 e. The van der Waals surface area contributed by atoms with Crippen LogP contribution < -0.4 is 9.80 Å². The molecule has 0 saturated carbocycles. The Kier molecular flexibility index (Phi) is 6.29. The minimum Gasteiger partial charge on any atom is -0.378 e. The van der Waals surface area contributed by atoms with Crippen LogP contribution in [0.2, 0.25) is 0 Å². The van der Waals surface area contributed by atoms with Crippen molar-refractivity contribution >= 4 is 35.1 Å². The number of nitrogens with zero attached hydrogens (tertiary/aromatic N) is 4. The van der Waals surface area contributed by atoms with Gasteiger partial charge in [0.15, 0.2) is 0 Å². The number of alkyl halides is 3. The Morgan fingerprint density at radius 2 is 1.81 bits per heavy atom. The van der Waals surface area contributed by atoms with Crippen molar-refractivity contribution in [2.75, 3.05) is 36.1 Å². The first-order chi connectivity index (χ1) is 15.2. The van der Waals surface area contributed by atoms with Gasteiger partial charge in [-0.25, -0.2) is 9.69 Å². The summed E-state index contributed by atoms with van der Waals surface area (Å²) in [4.78, 5) is 34.8. The molecule has 1 aromatic carbocycles. The van der Waals surface area contributed by atoms with Crippen LogP contribution in [0.15, 0.2) is 47.6 Å². The molecule has 2 fully saturated rings. The van der Waals surface area contributed by atoms with Crippen molar-refractivity contribution in [3.05, 3.63) is 48.3 Å². The second kappa shape index (κ2) is 8.99. The monoisotopic (exact) mass is 466 g/mol. The van der Waals surface area contributed by atoms with E-state index >= 15 is 0 Å². The van der Waals surface area contributed by atoms with E-state index in [2.05, 4.69) is 9.88 Å². The van der Waals surface area contributed by atoms with Gasteiger partial charge in [-0.1, -0.05) is 0 Å². The highest BCUT2D eigenvalue weighted by Gasteiger charge is 2.43. The minimum absolute atomic E-state index is 0.0165. The molecule has 2 aliphatic heterocycles. The van der Waals surface area contributed by atoms with E-state index in [0.29, 0.717) is 26.3 Å². The molecule has 4 rings (SSSR count). The third-order valence-corrected chi connectivity index (χ3v) is 6.13. The summed E-state index contributed by atoms with van der Waals surface area (Å²) in [5.74, 6) is -0.423. The average Bonchev–Trinajstić information content (AvgIpc) is 2.97. The minimum atomic E-state index is -4.41. The lowest BCUT2D eigenvalue weighted by Gasteiger charge is -2.31. The SMILES string of the molecule is CC1C(=O)N(c2ccc(SC(F)(F)F)cc2)C(=O)N1Cc1ccncc1N1CCOCC1. The summed E-state index contributed by atoms with van der Waals surface area (Å²) in [7, 11) is 0. The zero-order chi connectivity index (χ0) is 22.9. The fourth-order valence-corrected chi connectivity index (χ4v) is 4.31. The molecule has 0 bridgehead atoms. The molecule has 2 aliphatic rings.